The molecule has 0 fully saturated rings. The fourth-order valence-corrected chi connectivity index (χ4v) is 22.0. The lowest BCUT2D eigenvalue weighted by Gasteiger charge is -2.42. The lowest BCUT2D eigenvalue weighted by molar-refractivity contribution is 0.416. The maximum atomic E-state index is 6.38. The number of para-hydroxylation sites is 6. The van der Waals surface area contributed by atoms with Crippen molar-refractivity contribution in [2.24, 2.45) is 0 Å². The Balaban J connectivity index is 2.02. The van der Waals surface area contributed by atoms with Gasteiger partial charge in [-0.05, 0) is 72.8 Å². The first kappa shape index (κ1) is 37.7. The van der Waals surface area contributed by atoms with E-state index in [4.69, 9.17) is 28.4 Å². The second-order valence-corrected chi connectivity index (χ2v) is 19.8. The van der Waals surface area contributed by atoms with Crippen LogP contribution < -0.4 is 60.2 Å². The minimum atomic E-state index is -3.03. The summed E-state index contributed by atoms with van der Waals surface area (Å²) in [6.45, 7) is 2.30. The van der Waals surface area contributed by atoms with Crippen LogP contribution in [0.4, 0.5) is 0 Å². The van der Waals surface area contributed by atoms with Gasteiger partial charge in [0, 0.05) is 6.42 Å². The van der Waals surface area contributed by atoms with E-state index in [1.165, 1.54) is 0 Å². The molecule has 8 heteroatoms. The quantitative estimate of drug-likeness (QED) is 0.100. The highest BCUT2D eigenvalue weighted by Gasteiger charge is 2.72. The van der Waals surface area contributed by atoms with E-state index in [9.17, 15) is 0 Å². The predicted molar refractivity (Wildman–Crippen MR) is 224 cm³/mol. The molecule has 0 aromatic heterocycles. The monoisotopic (exact) mass is 746 g/mol. The van der Waals surface area contributed by atoms with E-state index in [1.54, 1.807) is 42.7 Å². The highest BCUT2D eigenvalue weighted by Crippen LogP contribution is 2.81. The maximum Gasteiger partial charge on any atom is 0.197 e. The van der Waals surface area contributed by atoms with Crippen LogP contribution in [0.3, 0.4) is 0 Å². The van der Waals surface area contributed by atoms with E-state index in [2.05, 4.69) is 116 Å². The molecule has 0 radical (unpaired) electrons. The van der Waals surface area contributed by atoms with Crippen molar-refractivity contribution in [1.29, 1.82) is 0 Å². The van der Waals surface area contributed by atoms with Crippen LogP contribution >= 0.6 is 14.5 Å². The summed E-state index contributed by atoms with van der Waals surface area (Å²) < 4.78 is 38.3. The van der Waals surface area contributed by atoms with Gasteiger partial charge >= 0.3 is 0 Å². The zero-order valence-corrected chi connectivity index (χ0v) is 33.3. The Labute approximate surface area is 315 Å². The lowest BCUT2D eigenvalue weighted by Crippen LogP contribution is -2.48. The van der Waals surface area contributed by atoms with Crippen molar-refractivity contribution in [2.75, 3.05) is 42.7 Å². The van der Waals surface area contributed by atoms with Gasteiger partial charge in [-0.2, -0.15) is 0 Å². The van der Waals surface area contributed by atoms with Crippen LogP contribution in [0.2, 0.25) is 0 Å². The second kappa shape index (κ2) is 16.8. The second-order valence-electron chi connectivity index (χ2n) is 12.4. The fraction of sp³-hybridized carbons (Fsp3) is 0.200. The summed E-state index contributed by atoms with van der Waals surface area (Å²) in [5.41, 5.74) is 0. The molecule has 0 spiro atoms. The maximum absolute atomic E-state index is 6.38. The number of benzene rings is 6. The number of methoxy groups -OCH3 is 6. The SMILES string of the molecule is CCC([P+](c1ccccc1OC)(c1ccccc1OC)c1ccccc1OC)[P+](c1ccccc1OC)(c1ccccc1OC)c1ccccc1OC. The van der Waals surface area contributed by atoms with Crippen molar-refractivity contribution < 1.29 is 28.4 Å². The van der Waals surface area contributed by atoms with E-state index in [1.807, 2.05) is 36.4 Å². The molecule has 53 heavy (non-hydrogen) atoms. The highest BCUT2D eigenvalue weighted by atomic mass is 31.2. The van der Waals surface area contributed by atoms with E-state index >= 15 is 0 Å². The summed E-state index contributed by atoms with van der Waals surface area (Å²) >= 11 is 0. The van der Waals surface area contributed by atoms with E-state index in [0.717, 1.165) is 72.7 Å². The molecule has 0 amide bonds. The van der Waals surface area contributed by atoms with Crippen molar-refractivity contribution in [3.8, 4) is 34.5 Å². The minimum Gasteiger partial charge on any atom is -0.493 e. The first-order chi connectivity index (χ1) is 26.0. The Morgan fingerprint density at radius 1 is 0.321 bits per heavy atom. The number of ether oxygens (including phenoxy) is 6. The molecule has 0 saturated heterocycles. The molecule has 6 nitrogen and oxygen atoms in total. The van der Waals surface area contributed by atoms with Crippen molar-refractivity contribution in [1.82, 2.24) is 0 Å². The van der Waals surface area contributed by atoms with Gasteiger partial charge in [-0.25, -0.2) is 0 Å². The standard InChI is InChI=1S/C45H48O6P2/c1-8-45(52(39-27-15-9-21-33(39)46-2,40-28-16-10-22-34(40)47-3)41-29-17-11-23-35(41)48-4)53(42-30-18-12-24-36(42)49-5,43-31-19-13-25-37(43)50-6)44-32-20-14-26-38(44)51-7/h9-32,45H,8H2,1-7H3/q+2. The number of hydrogen-bond donors (Lipinski definition) is 0. The van der Waals surface area contributed by atoms with Crippen molar-refractivity contribution in [3.63, 3.8) is 0 Å². The first-order valence-electron chi connectivity index (χ1n) is 17.6. The van der Waals surface area contributed by atoms with Crippen LogP contribution in [-0.2, 0) is 0 Å². The summed E-state index contributed by atoms with van der Waals surface area (Å²) in [6.07, 6.45) is 0.726. The van der Waals surface area contributed by atoms with Gasteiger partial charge in [-0.1, -0.05) is 79.7 Å². The van der Waals surface area contributed by atoms with Crippen LogP contribution in [0.5, 0.6) is 34.5 Å². The average Bonchev–Trinajstić information content (AvgIpc) is 3.24. The Morgan fingerprint density at radius 3 is 0.642 bits per heavy atom. The molecule has 6 aromatic carbocycles. The fourth-order valence-electron chi connectivity index (χ4n) is 8.08. The van der Waals surface area contributed by atoms with E-state index in [0.29, 0.717) is 0 Å². The molecule has 0 bridgehead atoms. The van der Waals surface area contributed by atoms with Crippen LogP contribution in [0, 0.1) is 0 Å². The molecular weight excluding hydrogens is 698 g/mol. The van der Waals surface area contributed by atoms with Gasteiger partial charge in [0.15, 0.2) is 86.2 Å². The highest BCUT2D eigenvalue weighted by molar-refractivity contribution is 8.11. The van der Waals surface area contributed by atoms with Gasteiger partial charge in [0.2, 0.25) is 0 Å². The Bertz CT molecular complexity index is 1770. The molecule has 0 heterocycles. The van der Waals surface area contributed by atoms with Gasteiger partial charge in [0.25, 0.3) is 0 Å². The molecule has 0 N–H and O–H groups in total. The van der Waals surface area contributed by atoms with E-state index < -0.39 is 14.5 Å². The Morgan fingerprint density at radius 2 is 0.491 bits per heavy atom. The van der Waals surface area contributed by atoms with Crippen LogP contribution in [0.15, 0.2) is 146 Å². The predicted octanol–water partition coefficient (Wildman–Crippen LogP) is 7.76. The van der Waals surface area contributed by atoms with Gasteiger partial charge in [0.1, 0.15) is 0 Å². The third-order valence-electron chi connectivity index (χ3n) is 10.1. The molecule has 6 aromatic rings. The normalized spacial score (nSPS) is 11.5. The third kappa shape index (κ3) is 6.28. The van der Waals surface area contributed by atoms with Crippen LogP contribution in [-0.4, -0.2) is 48.1 Å². The number of rotatable bonds is 15. The zero-order valence-electron chi connectivity index (χ0n) is 31.5. The zero-order chi connectivity index (χ0) is 37.4. The van der Waals surface area contributed by atoms with Gasteiger partial charge < -0.3 is 28.4 Å². The van der Waals surface area contributed by atoms with Gasteiger partial charge in [-0.15, -0.1) is 0 Å². The van der Waals surface area contributed by atoms with Gasteiger partial charge in [-0.3, -0.25) is 0 Å². The molecule has 6 rings (SSSR count). The Kier molecular flexibility index (Phi) is 11.9. The largest absolute Gasteiger partial charge is 0.493 e. The molecule has 272 valence electrons. The van der Waals surface area contributed by atoms with Gasteiger partial charge in [0.05, 0.1) is 42.7 Å². The average molecular weight is 747 g/mol. The summed E-state index contributed by atoms with van der Waals surface area (Å²) in [6, 6.07) is 50.7. The Hall–Kier alpha value is -5.02. The topological polar surface area (TPSA) is 55.4 Å². The molecule has 0 aliphatic rings. The molecule has 0 aliphatic carbocycles. The summed E-state index contributed by atoms with van der Waals surface area (Å²) in [5, 5.41) is 6.28. The minimum absolute atomic E-state index is 0.178. The summed E-state index contributed by atoms with van der Waals surface area (Å²) in [7, 11) is 4.46. The third-order valence-corrected chi connectivity index (χ3v) is 21.4. The molecular formula is C45H48O6P2+2. The summed E-state index contributed by atoms with van der Waals surface area (Å²) in [4.78, 5) is 0. The van der Waals surface area contributed by atoms with Crippen LogP contribution in [0.1, 0.15) is 13.3 Å². The molecule has 0 unspecified atom stereocenters. The smallest absolute Gasteiger partial charge is 0.197 e. The van der Waals surface area contributed by atoms with Crippen molar-refractivity contribution in [3.05, 3.63) is 146 Å². The van der Waals surface area contributed by atoms with Crippen molar-refractivity contribution >= 4 is 46.4 Å². The van der Waals surface area contributed by atoms with E-state index in [-0.39, 0.29) is 5.40 Å². The van der Waals surface area contributed by atoms with Crippen LogP contribution in [0.25, 0.3) is 0 Å². The number of hydrogen-bond acceptors (Lipinski definition) is 6. The lowest BCUT2D eigenvalue weighted by atomic mass is 10.3. The molecule has 0 aliphatic heterocycles. The molecule has 0 saturated carbocycles. The molecule has 0 atom stereocenters. The first-order valence-corrected chi connectivity index (χ1v) is 21.3. The van der Waals surface area contributed by atoms with Crippen molar-refractivity contribution in [2.45, 2.75) is 18.7 Å². The summed E-state index contributed by atoms with van der Waals surface area (Å²) in [5.74, 6) is 4.72.